The molecule has 1 nitrogen and oxygen atoms in total. The Balaban J connectivity index is 2.37. The molecule has 0 saturated heterocycles. The molecular formula is C16H15ClF3N. The van der Waals surface area contributed by atoms with E-state index in [1.165, 1.54) is 12.1 Å². The zero-order valence-electron chi connectivity index (χ0n) is 11.6. The summed E-state index contributed by atoms with van der Waals surface area (Å²) in [4.78, 5) is 0. The minimum absolute atomic E-state index is 0.250. The number of alkyl halides is 3. The first-order chi connectivity index (χ1) is 9.82. The molecule has 0 aromatic heterocycles. The van der Waals surface area contributed by atoms with Crippen molar-refractivity contribution < 1.29 is 13.2 Å². The van der Waals surface area contributed by atoms with E-state index >= 15 is 0 Å². The van der Waals surface area contributed by atoms with Crippen LogP contribution >= 0.6 is 11.6 Å². The van der Waals surface area contributed by atoms with Gasteiger partial charge in [-0.3, -0.25) is 0 Å². The lowest BCUT2D eigenvalue weighted by molar-refractivity contribution is -0.137. The molecule has 1 atom stereocenters. The summed E-state index contributed by atoms with van der Waals surface area (Å²) in [7, 11) is 1.75. The van der Waals surface area contributed by atoms with Gasteiger partial charge in [-0.25, -0.2) is 0 Å². The van der Waals surface area contributed by atoms with Crippen LogP contribution in [0.5, 0.6) is 0 Å². The first-order valence-corrected chi connectivity index (χ1v) is 6.81. The van der Waals surface area contributed by atoms with Crippen LogP contribution in [-0.2, 0) is 6.18 Å². The lowest BCUT2D eigenvalue weighted by atomic mass is 9.97. The third-order valence-electron chi connectivity index (χ3n) is 3.33. The maximum absolute atomic E-state index is 12.6. The highest BCUT2D eigenvalue weighted by Gasteiger charge is 2.30. The van der Waals surface area contributed by atoms with Gasteiger partial charge in [0.25, 0.3) is 0 Å². The fourth-order valence-electron chi connectivity index (χ4n) is 2.23. The Morgan fingerprint density at radius 2 is 1.67 bits per heavy atom. The second kappa shape index (κ2) is 6.08. The van der Waals surface area contributed by atoms with E-state index in [4.69, 9.17) is 11.6 Å². The molecule has 0 fully saturated rings. The van der Waals surface area contributed by atoms with Crippen LogP contribution in [0.2, 0.25) is 5.02 Å². The highest BCUT2D eigenvalue weighted by atomic mass is 35.5. The van der Waals surface area contributed by atoms with Gasteiger partial charge >= 0.3 is 6.18 Å². The van der Waals surface area contributed by atoms with Gasteiger partial charge in [-0.05, 0) is 48.9 Å². The van der Waals surface area contributed by atoms with E-state index in [9.17, 15) is 13.2 Å². The standard InChI is InChI=1S/C16H15ClF3N/c1-10-3-8-13(14(17)9-10)15(21-2)11-4-6-12(7-5-11)16(18,19)20/h3-9,15,21H,1-2H3. The Bertz CT molecular complexity index is 620. The topological polar surface area (TPSA) is 12.0 Å². The Morgan fingerprint density at radius 3 is 2.14 bits per heavy atom. The Kier molecular flexibility index (Phi) is 4.59. The van der Waals surface area contributed by atoms with Crippen LogP contribution in [0.15, 0.2) is 42.5 Å². The van der Waals surface area contributed by atoms with Crippen LogP contribution in [-0.4, -0.2) is 7.05 Å². The van der Waals surface area contributed by atoms with Gasteiger partial charge in [-0.1, -0.05) is 35.9 Å². The van der Waals surface area contributed by atoms with Crippen molar-refractivity contribution in [3.05, 3.63) is 69.7 Å². The van der Waals surface area contributed by atoms with Crippen LogP contribution in [0, 0.1) is 6.92 Å². The van der Waals surface area contributed by atoms with Crippen molar-refractivity contribution >= 4 is 11.6 Å². The smallest absolute Gasteiger partial charge is 0.309 e. The third kappa shape index (κ3) is 3.57. The second-order valence-corrected chi connectivity index (χ2v) is 5.27. The first kappa shape index (κ1) is 15.9. The van der Waals surface area contributed by atoms with Crippen LogP contribution in [0.3, 0.4) is 0 Å². The fraction of sp³-hybridized carbons (Fsp3) is 0.250. The van der Waals surface area contributed by atoms with E-state index in [1.807, 2.05) is 25.1 Å². The summed E-state index contributed by atoms with van der Waals surface area (Å²) in [5.41, 5.74) is 1.95. The van der Waals surface area contributed by atoms with E-state index in [0.717, 1.165) is 28.8 Å². The monoisotopic (exact) mass is 313 g/mol. The van der Waals surface area contributed by atoms with Gasteiger partial charge in [0.1, 0.15) is 0 Å². The van der Waals surface area contributed by atoms with E-state index in [1.54, 1.807) is 7.05 Å². The van der Waals surface area contributed by atoms with Crippen LogP contribution in [0.4, 0.5) is 13.2 Å². The molecule has 2 rings (SSSR count). The van der Waals surface area contributed by atoms with Crippen molar-refractivity contribution in [2.24, 2.45) is 0 Å². The predicted molar refractivity (Wildman–Crippen MR) is 78.5 cm³/mol. The zero-order chi connectivity index (χ0) is 15.6. The Labute approximate surface area is 126 Å². The van der Waals surface area contributed by atoms with Crippen LogP contribution in [0.1, 0.15) is 28.3 Å². The predicted octanol–water partition coefficient (Wildman–Crippen LogP) is 4.98. The average molecular weight is 314 g/mol. The SMILES string of the molecule is CNC(c1ccc(C(F)(F)F)cc1)c1ccc(C)cc1Cl. The quantitative estimate of drug-likeness (QED) is 0.843. The fourth-order valence-corrected chi connectivity index (χ4v) is 2.58. The largest absolute Gasteiger partial charge is 0.416 e. The van der Waals surface area contributed by atoms with Gasteiger partial charge in [-0.15, -0.1) is 0 Å². The van der Waals surface area contributed by atoms with Crippen molar-refractivity contribution in [2.45, 2.75) is 19.1 Å². The molecule has 1 N–H and O–H groups in total. The van der Waals surface area contributed by atoms with Crippen molar-refractivity contribution in [1.82, 2.24) is 5.32 Å². The molecule has 0 aliphatic rings. The highest BCUT2D eigenvalue weighted by Crippen LogP contribution is 2.32. The Morgan fingerprint density at radius 1 is 1.05 bits per heavy atom. The summed E-state index contributed by atoms with van der Waals surface area (Å²) < 4.78 is 37.8. The molecule has 21 heavy (non-hydrogen) atoms. The number of aryl methyl sites for hydroxylation is 1. The maximum Gasteiger partial charge on any atom is 0.416 e. The number of hydrogen-bond acceptors (Lipinski definition) is 1. The van der Waals surface area contributed by atoms with E-state index in [0.29, 0.717) is 5.02 Å². The minimum Gasteiger partial charge on any atom is -0.309 e. The van der Waals surface area contributed by atoms with Gasteiger partial charge < -0.3 is 5.32 Å². The molecule has 0 spiro atoms. The van der Waals surface area contributed by atoms with Crippen molar-refractivity contribution in [3.8, 4) is 0 Å². The van der Waals surface area contributed by atoms with Crippen molar-refractivity contribution in [2.75, 3.05) is 7.05 Å². The van der Waals surface area contributed by atoms with Gasteiger partial charge in [-0.2, -0.15) is 13.2 Å². The van der Waals surface area contributed by atoms with Gasteiger partial charge in [0.15, 0.2) is 0 Å². The lowest BCUT2D eigenvalue weighted by Gasteiger charge is -2.19. The Hall–Kier alpha value is -1.52. The molecule has 0 heterocycles. The zero-order valence-corrected chi connectivity index (χ0v) is 12.4. The molecule has 0 saturated carbocycles. The summed E-state index contributed by atoms with van der Waals surface area (Å²) >= 11 is 6.24. The number of rotatable bonds is 3. The third-order valence-corrected chi connectivity index (χ3v) is 3.65. The summed E-state index contributed by atoms with van der Waals surface area (Å²) in [6.45, 7) is 1.93. The second-order valence-electron chi connectivity index (χ2n) is 4.87. The van der Waals surface area contributed by atoms with E-state index in [-0.39, 0.29) is 6.04 Å². The number of halogens is 4. The van der Waals surface area contributed by atoms with Crippen molar-refractivity contribution in [1.29, 1.82) is 0 Å². The molecule has 2 aromatic carbocycles. The average Bonchev–Trinajstić information content (AvgIpc) is 2.41. The van der Waals surface area contributed by atoms with Gasteiger partial charge in [0.2, 0.25) is 0 Å². The molecule has 112 valence electrons. The summed E-state index contributed by atoms with van der Waals surface area (Å²) in [6.07, 6.45) is -4.32. The molecule has 0 bridgehead atoms. The number of nitrogens with one attached hydrogen (secondary N) is 1. The lowest BCUT2D eigenvalue weighted by Crippen LogP contribution is -2.18. The molecule has 2 aromatic rings. The van der Waals surface area contributed by atoms with Crippen molar-refractivity contribution in [3.63, 3.8) is 0 Å². The molecule has 0 aliphatic heterocycles. The molecule has 1 unspecified atom stereocenters. The van der Waals surface area contributed by atoms with E-state index < -0.39 is 11.7 Å². The molecule has 0 amide bonds. The van der Waals surface area contributed by atoms with Crippen LogP contribution in [0.25, 0.3) is 0 Å². The normalized spacial score (nSPS) is 13.2. The summed E-state index contributed by atoms with van der Waals surface area (Å²) in [5, 5.41) is 3.68. The summed E-state index contributed by atoms with van der Waals surface area (Å²) in [5.74, 6) is 0. The molecule has 5 heteroatoms. The highest BCUT2D eigenvalue weighted by molar-refractivity contribution is 6.31. The maximum atomic E-state index is 12.6. The van der Waals surface area contributed by atoms with Gasteiger partial charge in [0.05, 0.1) is 11.6 Å². The van der Waals surface area contributed by atoms with E-state index in [2.05, 4.69) is 5.32 Å². The minimum atomic E-state index is -4.32. The molecular weight excluding hydrogens is 299 g/mol. The molecule has 0 aliphatic carbocycles. The first-order valence-electron chi connectivity index (χ1n) is 6.43. The van der Waals surface area contributed by atoms with Crippen LogP contribution < -0.4 is 5.32 Å². The number of hydrogen-bond donors (Lipinski definition) is 1. The number of benzene rings is 2. The summed E-state index contributed by atoms with van der Waals surface area (Å²) in [6, 6.07) is 10.5. The van der Waals surface area contributed by atoms with Gasteiger partial charge in [0, 0.05) is 5.02 Å². The molecule has 0 radical (unpaired) electrons.